The highest BCUT2D eigenvalue weighted by Crippen LogP contribution is 2.23. The zero-order chi connectivity index (χ0) is 27.8. The molecule has 0 saturated heterocycles. The Kier molecular flexibility index (Phi) is 9.09. The zero-order valence-electron chi connectivity index (χ0n) is 20.5. The number of nitrogens with zero attached hydrogens (tertiary/aromatic N) is 1. The van der Waals surface area contributed by atoms with Crippen molar-refractivity contribution in [2.45, 2.75) is 0 Å². The molecule has 0 fully saturated rings. The van der Waals surface area contributed by atoms with Gasteiger partial charge in [-0.05, 0) is 91.0 Å². The van der Waals surface area contributed by atoms with Gasteiger partial charge in [-0.2, -0.15) is 5.10 Å². The average Bonchev–Trinajstić information content (AvgIpc) is 2.95. The Bertz CT molecular complexity index is 1520. The summed E-state index contributed by atoms with van der Waals surface area (Å²) in [5.74, 6) is -0.435. The van der Waals surface area contributed by atoms with E-state index in [0.717, 1.165) is 4.47 Å². The van der Waals surface area contributed by atoms with Crippen LogP contribution in [-0.4, -0.2) is 31.1 Å². The van der Waals surface area contributed by atoms with Crippen LogP contribution in [0.3, 0.4) is 0 Å². The lowest BCUT2D eigenvalue weighted by Gasteiger charge is -2.09. The van der Waals surface area contributed by atoms with Crippen LogP contribution >= 0.6 is 27.5 Å². The summed E-state index contributed by atoms with van der Waals surface area (Å²) in [7, 11) is 1.54. The fraction of sp³-hybridized carbons (Fsp3) is 0.0345. The molecule has 0 aliphatic carbocycles. The molecule has 4 rings (SSSR count). The van der Waals surface area contributed by atoms with Gasteiger partial charge in [0.15, 0.2) is 0 Å². The molecule has 8 nitrogen and oxygen atoms in total. The van der Waals surface area contributed by atoms with E-state index in [4.69, 9.17) is 21.1 Å². The number of amides is 2. The molecule has 2 N–H and O–H groups in total. The Hall–Kier alpha value is -4.47. The Labute approximate surface area is 237 Å². The summed E-state index contributed by atoms with van der Waals surface area (Å²) in [6, 6.07) is 24.4. The van der Waals surface area contributed by atoms with Gasteiger partial charge in [0, 0.05) is 31.9 Å². The summed E-state index contributed by atoms with van der Waals surface area (Å²) in [5, 5.41) is 7.30. The third-order valence-corrected chi connectivity index (χ3v) is 6.13. The van der Waals surface area contributed by atoms with E-state index in [2.05, 4.69) is 31.8 Å². The van der Waals surface area contributed by atoms with Gasteiger partial charge in [-0.1, -0.05) is 27.5 Å². The lowest BCUT2D eigenvalue weighted by Crippen LogP contribution is -2.18. The van der Waals surface area contributed by atoms with Crippen molar-refractivity contribution in [3.05, 3.63) is 123 Å². The van der Waals surface area contributed by atoms with E-state index in [1.165, 1.54) is 6.21 Å². The molecular formula is C29H21BrClN3O5. The number of hydrogen-bond acceptors (Lipinski definition) is 6. The first kappa shape index (κ1) is 27.6. The molecule has 0 bridgehead atoms. The van der Waals surface area contributed by atoms with Crippen molar-refractivity contribution in [3.63, 3.8) is 0 Å². The smallest absolute Gasteiger partial charge is 0.343 e. The summed E-state index contributed by atoms with van der Waals surface area (Å²) in [4.78, 5) is 37.5. The molecule has 39 heavy (non-hydrogen) atoms. The van der Waals surface area contributed by atoms with Crippen LogP contribution in [0.5, 0.6) is 11.5 Å². The van der Waals surface area contributed by atoms with Gasteiger partial charge < -0.3 is 14.8 Å². The number of rotatable bonds is 8. The second-order valence-corrected chi connectivity index (χ2v) is 9.39. The molecule has 0 aromatic heterocycles. The summed E-state index contributed by atoms with van der Waals surface area (Å²) in [6.45, 7) is 0. The summed E-state index contributed by atoms with van der Waals surface area (Å²) < 4.78 is 11.4. The maximum Gasteiger partial charge on any atom is 0.343 e. The van der Waals surface area contributed by atoms with Crippen LogP contribution in [0.25, 0.3) is 0 Å². The predicted octanol–water partition coefficient (Wildman–Crippen LogP) is 6.35. The zero-order valence-corrected chi connectivity index (χ0v) is 22.8. The van der Waals surface area contributed by atoms with E-state index in [0.29, 0.717) is 38.7 Å². The number of carbonyl (C=O) groups is 3. The molecule has 0 heterocycles. The van der Waals surface area contributed by atoms with E-state index in [-0.39, 0.29) is 11.7 Å². The van der Waals surface area contributed by atoms with Crippen molar-refractivity contribution in [2.75, 3.05) is 12.4 Å². The topological polar surface area (TPSA) is 106 Å². The molecule has 0 atom stereocenters. The van der Waals surface area contributed by atoms with E-state index in [1.807, 2.05) is 0 Å². The number of nitrogens with one attached hydrogen (secondary N) is 2. The summed E-state index contributed by atoms with van der Waals surface area (Å²) in [5.41, 5.74) is 4.57. The molecule has 0 spiro atoms. The Morgan fingerprint density at radius 3 is 2.10 bits per heavy atom. The maximum atomic E-state index is 12.6. The number of halogens is 2. The molecule has 0 aliphatic rings. The number of methoxy groups -OCH3 is 1. The van der Waals surface area contributed by atoms with Gasteiger partial charge in [0.1, 0.15) is 11.5 Å². The van der Waals surface area contributed by atoms with E-state index in [1.54, 1.807) is 98.1 Å². The van der Waals surface area contributed by atoms with Crippen LogP contribution in [0.1, 0.15) is 36.6 Å². The second kappa shape index (κ2) is 12.9. The van der Waals surface area contributed by atoms with Crippen LogP contribution in [0.4, 0.5) is 5.69 Å². The van der Waals surface area contributed by atoms with Crippen molar-refractivity contribution in [3.8, 4) is 11.5 Å². The highest BCUT2D eigenvalue weighted by atomic mass is 79.9. The number of carbonyl (C=O) groups excluding carboxylic acids is 3. The average molecular weight is 607 g/mol. The molecule has 0 aliphatic heterocycles. The second-order valence-electron chi connectivity index (χ2n) is 8.04. The number of hydrogen-bond donors (Lipinski definition) is 2. The van der Waals surface area contributed by atoms with E-state index >= 15 is 0 Å². The van der Waals surface area contributed by atoms with Gasteiger partial charge in [-0.3, -0.25) is 9.59 Å². The Balaban J connectivity index is 1.38. The fourth-order valence-corrected chi connectivity index (χ4v) is 3.84. The Morgan fingerprint density at radius 2 is 1.44 bits per heavy atom. The SMILES string of the molecule is COc1ccc(C(=O)Oc2ccc(Br)cc2/C=N\NC(=O)c2ccc(NC(=O)c3ccc(Cl)cc3)cc2)cc1. The first-order valence-electron chi connectivity index (χ1n) is 11.5. The van der Waals surface area contributed by atoms with Gasteiger partial charge in [-0.25, -0.2) is 10.2 Å². The number of benzene rings is 4. The third kappa shape index (κ3) is 7.53. The fourth-order valence-electron chi connectivity index (χ4n) is 3.33. The first-order valence-corrected chi connectivity index (χ1v) is 12.7. The van der Waals surface area contributed by atoms with Crippen molar-refractivity contribution in [1.82, 2.24) is 5.43 Å². The van der Waals surface area contributed by atoms with Crippen LogP contribution < -0.4 is 20.2 Å². The lowest BCUT2D eigenvalue weighted by molar-refractivity contribution is 0.0733. The maximum absolute atomic E-state index is 12.6. The third-order valence-electron chi connectivity index (χ3n) is 5.38. The number of ether oxygens (including phenoxy) is 2. The number of anilines is 1. The van der Waals surface area contributed by atoms with Crippen LogP contribution in [0.2, 0.25) is 5.02 Å². The highest BCUT2D eigenvalue weighted by molar-refractivity contribution is 9.10. The van der Waals surface area contributed by atoms with Gasteiger partial charge in [0.05, 0.1) is 18.9 Å². The molecule has 10 heteroatoms. The molecule has 0 saturated carbocycles. The van der Waals surface area contributed by atoms with E-state index < -0.39 is 11.9 Å². The number of hydrazone groups is 1. The molecular weight excluding hydrogens is 586 g/mol. The van der Waals surface area contributed by atoms with Crippen LogP contribution in [-0.2, 0) is 0 Å². The molecule has 196 valence electrons. The quantitative estimate of drug-likeness (QED) is 0.105. The van der Waals surface area contributed by atoms with Gasteiger partial charge in [0.25, 0.3) is 11.8 Å². The molecule has 2 amide bonds. The van der Waals surface area contributed by atoms with Crippen LogP contribution in [0, 0.1) is 0 Å². The molecule has 4 aromatic rings. The predicted molar refractivity (Wildman–Crippen MR) is 153 cm³/mol. The molecule has 0 radical (unpaired) electrons. The van der Waals surface area contributed by atoms with Crippen molar-refractivity contribution in [2.24, 2.45) is 5.10 Å². The minimum Gasteiger partial charge on any atom is -0.497 e. The molecule has 0 unspecified atom stereocenters. The normalized spacial score (nSPS) is 10.6. The summed E-state index contributed by atoms with van der Waals surface area (Å²) in [6.07, 6.45) is 1.38. The number of esters is 1. The summed E-state index contributed by atoms with van der Waals surface area (Å²) >= 11 is 9.24. The highest BCUT2D eigenvalue weighted by Gasteiger charge is 2.13. The first-order chi connectivity index (χ1) is 18.8. The Morgan fingerprint density at radius 1 is 0.821 bits per heavy atom. The van der Waals surface area contributed by atoms with E-state index in [9.17, 15) is 14.4 Å². The van der Waals surface area contributed by atoms with Crippen LogP contribution in [0.15, 0.2) is 101 Å². The monoisotopic (exact) mass is 605 g/mol. The minimum atomic E-state index is -0.554. The van der Waals surface area contributed by atoms with Crippen molar-refractivity contribution >= 4 is 57.2 Å². The largest absolute Gasteiger partial charge is 0.497 e. The lowest BCUT2D eigenvalue weighted by atomic mass is 10.1. The van der Waals surface area contributed by atoms with Gasteiger partial charge in [0.2, 0.25) is 0 Å². The van der Waals surface area contributed by atoms with Crippen molar-refractivity contribution < 1.29 is 23.9 Å². The standard InChI is InChI=1S/C29H21BrClN3O5/c1-38-25-13-6-20(7-14-25)29(37)39-26-15-8-22(30)16-21(26)17-32-34-28(36)19-4-11-24(12-5-19)33-27(35)18-2-9-23(31)10-3-18/h2-17H,1H3,(H,33,35)(H,34,36)/b32-17-. The van der Waals surface area contributed by atoms with Gasteiger partial charge >= 0.3 is 5.97 Å². The molecule has 4 aromatic carbocycles. The minimum absolute atomic E-state index is 0.262. The van der Waals surface area contributed by atoms with Gasteiger partial charge in [-0.15, -0.1) is 0 Å². The van der Waals surface area contributed by atoms with Crippen molar-refractivity contribution in [1.29, 1.82) is 0 Å².